The van der Waals surface area contributed by atoms with E-state index in [-0.39, 0.29) is 12.8 Å². The number of piperidine rings is 1. The number of anilines is 1. The van der Waals surface area contributed by atoms with Crippen LogP contribution in [-0.2, 0) is 0 Å². The minimum atomic E-state index is -2.48. The first kappa shape index (κ1) is 13.1. The van der Waals surface area contributed by atoms with Crippen molar-refractivity contribution in [1.29, 1.82) is 0 Å². The summed E-state index contributed by atoms with van der Waals surface area (Å²) in [5.41, 5.74) is 6.29. The van der Waals surface area contributed by atoms with Crippen LogP contribution in [0.2, 0.25) is 0 Å². The van der Waals surface area contributed by atoms with E-state index in [0.717, 1.165) is 5.75 Å². The molecule has 18 heavy (non-hydrogen) atoms. The van der Waals surface area contributed by atoms with Crippen molar-refractivity contribution >= 4 is 5.69 Å². The highest BCUT2D eigenvalue weighted by molar-refractivity contribution is 5.43. The van der Waals surface area contributed by atoms with Crippen LogP contribution in [0.1, 0.15) is 12.8 Å². The minimum absolute atomic E-state index is 0.0503. The van der Waals surface area contributed by atoms with E-state index in [0.29, 0.717) is 31.9 Å². The number of alkyl halides is 2. The number of ether oxygens (including phenoxy) is 1. The Kier molecular flexibility index (Phi) is 4.01. The predicted molar refractivity (Wildman–Crippen MR) is 67.0 cm³/mol. The molecule has 3 nitrogen and oxygen atoms in total. The van der Waals surface area contributed by atoms with E-state index in [1.807, 2.05) is 17.0 Å². The number of hydrogen-bond acceptors (Lipinski definition) is 3. The SMILES string of the molecule is Nc1cccc(OCCN2CCC(F)(F)CC2)c1. The third-order valence-corrected chi connectivity index (χ3v) is 3.12. The first-order valence-electron chi connectivity index (χ1n) is 6.14. The van der Waals surface area contributed by atoms with E-state index < -0.39 is 5.92 Å². The third-order valence-electron chi connectivity index (χ3n) is 3.12. The van der Waals surface area contributed by atoms with Gasteiger partial charge in [0.1, 0.15) is 12.4 Å². The van der Waals surface area contributed by atoms with Crippen molar-refractivity contribution in [2.24, 2.45) is 0 Å². The zero-order chi connectivity index (χ0) is 13.0. The van der Waals surface area contributed by atoms with Gasteiger partial charge in [-0.05, 0) is 12.1 Å². The molecule has 1 aromatic rings. The topological polar surface area (TPSA) is 38.5 Å². The molecule has 0 amide bonds. The van der Waals surface area contributed by atoms with Gasteiger partial charge in [0.25, 0.3) is 5.92 Å². The van der Waals surface area contributed by atoms with Crippen LogP contribution in [0.25, 0.3) is 0 Å². The second-order valence-corrected chi connectivity index (χ2v) is 4.62. The average Bonchev–Trinajstić information content (AvgIpc) is 2.31. The first-order valence-corrected chi connectivity index (χ1v) is 6.14. The second kappa shape index (κ2) is 5.52. The molecule has 1 aliphatic heterocycles. The van der Waals surface area contributed by atoms with E-state index in [2.05, 4.69) is 0 Å². The fraction of sp³-hybridized carbons (Fsp3) is 0.538. The molecule has 0 bridgehead atoms. The maximum absolute atomic E-state index is 12.9. The molecule has 5 heteroatoms. The van der Waals surface area contributed by atoms with Gasteiger partial charge >= 0.3 is 0 Å². The summed E-state index contributed by atoms with van der Waals surface area (Å²) in [6.45, 7) is 2.04. The van der Waals surface area contributed by atoms with Crippen LogP contribution >= 0.6 is 0 Å². The Bertz CT molecular complexity index is 388. The molecule has 1 heterocycles. The van der Waals surface area contributed by atoms with Gasteiger partial charge in [-0.2, -0.15) is 0 Å². The molecule has 2 N–H and O–H groups in total. The summed E-state index contributed by atoms with van der Waals surface area (Å²) in [7, 11) is 0. The molecule has 0 radical (unpaired) electrons. The molecule has 2 rings (SSSR count). The summed E-state index contributed by atoms with van der Waals surface area (Å²) in [6.07, 6.45) is -0.101. The van der Waals surface area contributed by atoms with Crippen molar-refractivity contribution in [3.8, 4) is 5.75 Å². The fourth-order valence-corrected chi connectivity index (χ4v) is 2.00. The van der Waals surface area contributed by atoms with Gasteiger partial charge in [0.2, 0.25) is 0 Å². The molecule has 0 unspecified atom stereocenters. The maximum atomic E-state index is 12.9. The molecule has 1 saturated heterocycles. The smallest absolute Gasteiger partial charge is 0.250 e. The molecule has 1 aromatic carbocycles. The van der Waals surface area contributed by atoms with Gasteiger partial charge in [-0.3, -0.25) is 4.90 Å². The Hall–Kier alpha value is -1.36. The van der Waals surface area contributed by atoms with Crippen molar-refractivity contribution in [1.82, 2.24) is 4.90 Å². The predicted octanol–water partition coefficient (Wildman–Crippen LogP) is 2.38. The van der Waals surface area contributed by atoms with E-state index >= 15 is 0 Å². The Labute approximate surface area is 106 Å². The Morgan fingerprint density at radius 2 is 2.00 bits per heavy atom. The van der Waals surface area contributed by atoms with Crippen molar-refractivity contribution in [3.63, 3.8) is 0 Å². The number of benzene rings is 1. The van der Waals surface area contributed by atoms with Gasteiger partial charge in [0.15, 0.2) is 0 Å². The Balaban J connectivity index is 1.70. The number of hydrogen-bond donors (Lipinski definition) is 1. The molecule has 0 saturated carbocycles. The standard InChI is InChI=1S/C13H18F2N2O/c14-13(15)4-6-17(7-5-13)8-9-18-12-3-1-2-11(16)10-12/h1-3,10H,4-9,16H2. The normalized spacial score (nSPS) is 19.7. The second-order valence-electron chi connectivity index (χ2n) is 4.62. The molecular formula is C13H18F2N2O. The van der Waals surface area contributed by atoms with Gasteiger partial charge in [-0.25, -0.2) is 8.78 Å². The summed E-state index contributed by atoms with van der Waals surface area (Å²) in [5, 5.41) is 0. The molecule has 0 aromatic heterocycles. The summed E-state index contributed by atoms with van der Waals surface area (Å²) in [6, 6.07) is 7.21. The van der Waals surface area contributed by atoms with Gasteiger partial charge in [0.05, 0.1) is 0 Å². The number of likely N-dealkylation sites (tertiary alicyclic amines) is 1. The summed E-state index contributed by atoms with van der Waals surface area (Å²) < 4.78 is 31.4. The van der Waals surface area contributed by atoms with Crippen LogP contribution in [-0.4, -0.2) is 37.1 Å². The highest BCUT2D eigenvalue weighted by atomic mass is 19.3. The van der Waals surface area contributed by atoms with Gasteiger partial charge in [-0.1, -0.05) is 6.07 Å². The van der Waals surface area contributed by atoms with Crippen molar-refractivity contribution in [2.75, 3.05) is 32.0 Å². The highest BCUT2D eigenvalue weighted by Crippen LogP contribution is 2.27. The monoisotopic (exact) mass is 256 g/mol. The van der Waals surface area contributed by atoms with Gasteiger partial charge in [0, 0.05) is 44.2 Å². The van der Waals surface area contributed by atoms with Crippen LogP contribution in [0.3, 0.4) is 0 Å². The zero-order valence-electron chi connectivity index (χ0n) is 10.2. The van der Waals surface area contributed by atoms with Crippen LogP contribution in [0.15, 0.2) is 24.3 Å². The lowest BCUT2D eigenvalue weighted by atomic mass is 10.1. The number of rotatable bonds is 4. The molecule has 0 spiro atoms. The molecular weight excluding hydrogens is 238 g/mol. The molecule has 1 fully saturated rings. The van der Waals surface area contributed by atoms with Crippen LogP contribution < -0.4 is 10.5 Å². The number of nitrogens with two attached hydrogens (primary N) is 1. The Morgan fingerprint density at radius 3 is 2.67 bits per heavy atom. The lowest BCUT2D eigenvalue weighted by Gasteiger charge is -2.31. The van der Waals surface area contributed by atoms with E-state index in [1.165, 1.54) is 0 Å². The first-order chi connectivity index (χ1) is 8.55. The van der Waals surface area contributed by atoms with Gasteiger partial charge < -0.3 is 10.5 Å². The number of halogens is 2. The largest absolute Gasteiger partial charge is 0.492 e. The lowest BCUT2D eigenvalue weighted by molar-refractivity contribution is -0.0564. The Morgan fingerprint density at radius 1 is 1.28 bits per heavy atom. The molecule has 0 aliphatic carbocycles. The molecule has 1 aliphatic rings. The highest BCUT2D eigenvalue weighted by Gasteiger charge is 2.33. The lowest BCUT2D eigenvalue weighted by Crippen LogP contribution is -2.41. The number of nitrogens with zero attached hydrogens (tertiary/aromatic N) is 1. The van der Waals surface area contributed by atoms with Crippen molar-refractivity contribution in [3.05, 3.63) is 24.3 Å². The van der Waals surface area contributed by atoms with Crippen LogP contribution in [0.5, 0.6) is 5.75 Å². The summed E-state index contributed by atoms with van der Waals surface area (Å²) in [5.74, 6) is -1.76. The van der Waals surface area contributed by atoms with E-state index in [1.54, 1.807) is 12.1 Å². The van der Waals surface area contributed by atoms with Gasteiger partial charge in [-0.15, -0.1) is 0 Å². The number of nitrogen functional groups attached to an aromatic ring is 1. The van der Waals surface area contributed by atoms with Crippen LogP contribution in [0, 0.1) is 0 Å². The third kappa shape index (κ3) is 3.84. The van der Waals surface area contributed by atoms with Crippen molar-refractivity contribution < 1.29 is 13.5 Å². The fourth-order valence-electron chi connectivity index (χ4n) is 2.00. The summed E-state index contributed by atoms with van der Waals surface area (Å²) in [4.78, 5) is 2.00. The molecule has 0 atom stereocenters. The zero-order valence-corrected chi connectivity index (χ0v) is 10.2. The van der Waals surface area contributed by atoms with Crippen molar-refractivity contribution in [2.45, 2.75) is 18.8 Å². The average molecular weight is 256 g/mol. The van der Waals surface area contributed by atoms with Crippen LogP contribution in [0.4, 0.5) is 14.5 Å². The minimum Gasteiger partial charge on any atom is -0.492 e. The maximum Gasteiger partial charge on any atom is 0.250 e. The summed E-state index contributed by atoms with van der Waals surface area (Å²) >= 11 is 0. The quantitative estimate of drug-likeness (QED) is 0.841. The van der Waals surface area contributed by atoms with E-state index in [9.17, 15) is 8.78 Å². The molecule has 100 valence electrons. The van der Waals surface area contributed by atoms with E-state index in [4.69, 9.17) is 10.5 Å².